The van der Waals surface area contributed by atoms with Crippen LogP contribution in [-0.4, -0.2) is 26.4 Å². The minimum Gasteiger partial charge on any atom is -0.291 e. The van der Waals surface area contributed by atoms with Crippen molar-refractivity contribution in [3.8, 4) is 11.4 Å². The molecule has 3 aromatic rings. The number of rotatable bonds is 3. The number of alkyl halides is 3. The highest BCUT2D eigenvalue weighted by Gasteiger charge is 2.30. The van der Waals surface area contributed by atoms with Crippen molar-refractivity contribution in [2.45, 2.75) is 32.6 Å². The Balaban J connectivity index is 1.53. The summed E-state index contributed by atoms with van der Waals surface area (Å²) in [5, 5.41) is 0. The number of fused-ring (bicyclic) bond motifs is 1. The third kappa shape index (κ3) is 4.04. The number of aryl methyl sites for hydroxylation is 1. The van der Waals surface area contributed by atoms with Crippen LogP contribution < -0.4 is 0 Å². The van der Waals surface area contributed by atoms with Gasteiger partial charge in [-0.15, -0.1) is 0 Å². The molecule has 1 aliphatic rings. The van der Waals surface area contributed by atoms with E-state index in [1.165, 1.54) is 12.1 Å². The molecule has 1 aromatic carbocycles. The second-order valence-electron chi connectivity index (χ2n) is 6.97. The van der Waals surface area contributed by atoms with Crippen LogP contribution in [0.15, 0.2) is 48.7 Å². The lowest BCUT2D eigenvalue weighted by atomic mass is 10.1. The van der Waals surface area contributed by atoms with E-state index in [0.29, 0.717) is 17.9 Å². The Morgan fingerprint density at radius 3 is 2.54 bits per heavy atom. The summed E-state index contributed by atoms with van der Waals surface area (Å²) in [4.78, 5) is 15.8. The average Bonchev–Trinajstić information content (AvgIpc) is 2.67. The zero-order valence-electron chi connectivity index (χ0n) is 15.4. The van der Waals surface area contributed by atoms with Crippen molar-refractivity contribution < 1.29 is 13.2 Å². The van der Waals surface area contributed by atoms with Gasteiger partial charge in [0.05, 0.1) is 17.0 Å². The molecule has 0 radical (unpaired) electrons. The Hall–Kier alpha value is -2.80. The molecule has 3 heterocycles. The maximum atomic E-state index is 12.8. The molecule has 0 bridgehead atoms. The second-order valence-corrected chi connectivity index (χ2v) is 6.97. The van der Waals surface area contributed by atoms with Gasteiger partial charge in [0.2, 0.25) is 0 Å². The molecule has 0 unspecified atom stereocenters. The Bertz CT molecular complexity index is 984. The van der Waals surface area contributed by atoms with Gasteiger partial charge < -0.3 is 0 Å². The van der Waals surface area contributed by atoms with E-state index >= 15 is 0 Å². The minimum atomic E-state index is -4.35. The summed E-state index contributed by atoms with van der Waals surface area (Å²) in [6.45, 7) is 4.27. The minimum absolute atomic E-state index is 0.447. The Morgan fingerprint density at radius 1 is 1.04 bits per heavy atom. The summed E-state index contributed by atoms with van der Waals surface area (Å²) in [7, 11) is 0. The van der Waals surface area contributed by atoms with Crippen LogP contribution in [-0.2, 0) is 25.7 Å². The van der Waals surface area contributed by atoms with Crippen molar-refractivity contribution in [3.05, 3.63) is 76.9 Å². The van der Waals surface area contributed by atoms with E-state index in [4.69, 9.17) is 0 Å². The van der Waals surface area contributed by atoms with Crippen LogP contribution in [0, 0.1) is 6.92 Å². The van der Waals surface area contributed by atoms with Gasteiger partial charge in [-0.3, -0.25) is 9.88 Å². The van der Waals surface area contributed by atoms with E-state index in [2.05, 4.69) is 19.9 Å². The van der Waals surface area contributed by atoms with E-state index in [9.17, 15) is 13.2 Å². The summed E-state index contributed by atoms with van der Waals surface area (Å²) < 4.78 is 38.3. The summed E-state index contributed by atoms with van der Waals surface area (Å²) in [5.74, 6) is 0.447. The molecular formula is C21H19F3N4. The van der Waals surface area contributed by atoms with E-state index in [0.717, 1.165) is 54.3 Å². The molecule has 0 aliphatic carbocycles. The van der Waals surface area contributed by atoms with Crippen molar-refractivity contribution >= 4 is 0 Å². The molecule has 0 saturated carbocycles. The lowest BCUT2D eigenvalue weighted by molar-refractivity contribution is -0.137. The lowest BCUT2D eigenvalue weighted by Crippen LogP contribution is -2.31. The van der Waals surface area contributed by atoms with Gasteiger partial charge in [-0.1, -0.05) is 18.2 Å². The van der Waals surface area contributed by atoms with Gasteiger partial charge in [0.15, 0.2) is 5.82 Å². The van der Waals surface area contributed by atoms with Crippen molar-refractivity contribution in [2.75, 3.05) is 6.54 Å². The molecule has 0 amide bonds. The lowest BCUT2D eigenvalue weighted by Gasteiger charge is -2.27. The summed E-state index contributed by atoms with van der Waals surface area (Å²) in [6, 6.07) is 10.9. The monoisotopic (exact) mass is 384 g/mol. The number of nitrogens with zero attached hydrogens (tertiary/aromatic N) is 4. The molecule has 4 rings (SSSR count). The van der Waals surface area contributed by atoms with Crippen molar-refractivity contribution in [3.63, 3.8) is 0 Å². The summed E-state index contributed by atoms with van der Waals surface area (Å²) >= 11 is 0. The number of aromatic nitrogens is 3. The fourth-order valence-electron chi connectivity index (χ4n) is 3.36. The van der Waals surface area contributed by atoms with Crippen LogP contribution in [0.25, 0.3) is 11.4 Å². The molecule has 7 heteroatoms. The van der Waals surface area contributed by atoms with Crippen LogP contribution in [0.5, 0.6) is 0 Å². The molecule has 0 fully saturated rings. The molecule has 0 saturated heterocycles. The molecule has 2 aromatic heterocycles. The third-order valence-electron chi connectivity index (χ3n) is 4.83. The molecule has 1 aliphatic heterocycles. The Morgan fingerprint density at radius 2 is 1.82 bits per heavy atom. The van der Waals surface area contributed by atoms with E-state index in [1.807, 2.05) is 25.1 Å². The standard InChI is InChI=1S/C21H19F3N4/c1-14-3-2-4-18(26-14)12-28-10-9-16-11-25-20(27-19(16)13-28)15-5-7-17(8-6-15)21(22,23)24/h2-8,11H,9-10,12-13H2,1H3. The first-order chi connectivity index (χ1) is 13.4. The summed E-state index contributed by atoms with van der Waals surface area (Å²) in [5.41, 5.74) is 3.91. The molecular weight excluding hydrogens is 365 g/mol. The normalized spacial score (nSPS) is 14.7. The van der Waals surface area contributed by atoms with Crippen LogP contribution in [0.4, 0.5) is 13.2 Å². The smallest absolute Gasteiger partial charge is 0.291 e. The van der Waals surface area contributed by atoms with Gasteiger partial charge in [-0.05, 0) is 43.2 Å². The second kappa shape index (κ2) is 7.31. The van der Waals surface area contributed by atoms with Crippen LogP contribution in [0.1, 0.15) is 28.2 Å². The highest BCUT2D eigenvalue weighted by Crippen LogP contribution is 2.30. The van der Waals surface area contributed by atoms with E-state index < -0.39 is 11.7 Å². The number of hydrogen-bond donors (Lipinski definition) is 0. The molecule has 0 N–H and O–H groups in total. The van der Waals surface area contributed by atoms with Crippen molar-refractivity contribution in [1.82, 2.24) is 19.9 Å². The zero-order valence-corrected chi connectivity index (χ0v) is 15.4. The third-order valence-corrected chi connectivity index (χ3v) is 4.83. The maximum absolute atomic E-state index is 12.8. The predicted molar refractivity (Wildman–Crippen MR) is 99.3 cm³/mol. The Labute approximate surface area is 161 Å². The molecule has 28 heavy (non-hydrogen) atoms. The molecule has 0 spiro atoms. The SMILES string of the molecule is Cc1cccc(CN2CCc3cnc(-c4ccc(C(F)(F)F)cc4)nc3C2)n1. The fraction of sp³-hybridized carbons (Fsp3) is 0.286. The van der Waals surface area contributed by atoms with Crippen LogP contribution in [0.2, 0.25) is 0 Å². The molecule has 4 nitrogen and oxygen atoms in total. The first kappa shape index (κ1) is 18.6. The number of benzene rings is 1. The van der Waals surface area contributed by atoms with E-state index in [1.54, 1.807) is 6.20 Å². The number of pyridine rings is 1. The number of hydrogen-bond acceptors (Lipinski definition) is 4. The van der Waals surface area contributed by atoms with Gasteiger partial charge in [0, 0.05) is 37.1 Å². The number of halogens is 3. The summed E-state index contributed by atoms with van der Waals surface area (Å²) in [6.07, 6.45) is -1.72. The molecule has 144 valence electrons. The van der Waals surface area contributed by atoms with Crippen LogP contribution >= 0.6 is 0 Å². The van der Waals surface area contributed by atoms with Gasteiger partial charge in [0.25, 0.3) is 0 Å². The first-order valence-corrected chi connectivity index (χ1v) is 9.06. The van der Waals surface area contributed by atoms with Crippen molar-refractivity contribution in [2.24, 2.45) is 0 Å². The van der Waals surface area contributed by atoms with Gasteiger partial charge in [0.1, 0.15) is 0 Å². The van der Waals surface area contributed by atoms with Gasteiger partial charge in [-0.25, -0.2) is 9.97 Å². The largest absolute Gasteiger partial charge is 0.416 e. The van der Waals surface area contributed by atoms with Gasteiger partial charge in [-0.2, -0.15) is 13.2 Å². The van der Waals surface area contributed by atoms with Crippen LogP contribution in [0.3, 0.4) is 0 Å². The first-order valence-electron chi connectivity index (χ1n) is 9.06. The fourth-order valence-corrected chi connectivity index (χ4v) is 3.36. The average molecular weight is 384 g/mol. The maximum Gasteiger partial charge on any atom is 0.416 e. The highest BCUT2D eigenvalue weighted by atomic mass is 19.4. The highest BCUT2D eigenvalue weighted by molar-refractivity contribution is 5.56. The van der Waals surface area contributed by atoms with Gasteiger partial charge >= 0.3 is 6.18 Å². The topological polar surface area (TPSA) is 41.9 Å². The van der Waals surface area contributed by atoms with E-state index in [-0.39, 0.29) is 0 Å². The Kier molecular flexibility index (Phi) is 4.85. The van der Waals surface area contributed by atoms with Crippen molar-refractivity contribution in [1.29, 1.82) is 0 Å². The molecule has 0 atom stereocenters. The predicted octanol–water partition coefficient (Wildman–Crippen LogP) is 4.42. The quantitative estimate of drug-likeness (QED) is 0.670. The zero-order chi connectivity index (χ0) is 19.7.